The number of carbonyl (C=O) groups is 1. The third-order valence-electron chi connectivity index (χ3n) is 3.30. The molecule has 138 valence electrons. The van der Waals surface area contributed by atoms with Crippen LogP contribution in [0.5, 0.6) is 0 Å². The molecule has 0 bridgehead atoms. The Morgan fingerprint density at radius 2 is 2.08 bits per heavy atom. The van der Waals surface area contributed by atoms with Gasteiger partial charge in [0.15, 0.2) is 0 Å². The van der Waals surface area contributed by atoms with Crippen molar-refractivity contribution in [1.82, 2.24) is 15.2 Å². The van der Waals surface area contributed by atoms with E-state index in [2.05, 4.69) is 20.5 Å². The Balaban J connectivity index is 1.77. The molecule has 0 spiro atoms. The molecule has 0 aromatic carbocycles. The molecule has 0 saturated heterocycles. The second-order valence-corrected chi connectivity index (χ2v) is 7.92. The Kier molecular flexibility index (Phi) is 5.10. The predicted molar refractivity (Wildman–Crippen MR) is 93.3 cm³/mol. The molecule has 6 nitrogen and oxygen atoms in total. The number of nitrogens with zero attached hydrogens (tertiary/aromatic N) is 3. The van der Waals surface area contributed by atoms with Crippen LogP contribution in [0.2, 0.25) is 0 Å². The molecule has 1 amide bonds. The Labute approximate surface area is 157 Å². The molecule has 3 rings (SSSR count). The van der Waals surface area contributed by atoms with Crippen LogP contribution < -0.4 is 5.32 Å². The van der Waals surface area contributed by atoms with Crippen LogP contribution in [-0.2, 0) is 10.4 Å². The molecule has 3 aromatic heterocycles. The van der Waals surface area contributed by atoms with Crippen LogP contribution in [0, 0.1) is 6.92 Å². The number of thiophene rings is 1. The predicted octanol–water partition coefficient (Wildman–Crippen LogP) is 3.81. The number of hydrogen-bond donors (Lipinski definition) is 2. The SMILES string of the molecule is Cc1csc(C(O)(CC(=O)Nc2nnc(-c3ccsc3)s2)C(F)(F)F)n1. The fourth-order valence-corrected chi connectivity index (χ4v) is 4.40. The fraction of sp³-hybridized carbons (Fsp3) is 0.286. The Hall–Kier alpha value is -1.89. The van der Waals surface area contributed by atoms with E-state index in [1.165, 1.54) is 23.6 Å². The average Bonchev–Trinajstić information content (AvgIpc) is 3.25. The molecule has 12 heteroatoms. The van der Waals surface area contributed by atoms with E-state index in [0.717, 1.165) is 16.9 Å². The minimum absolute atomic E-state index is 0.0519. The van der Waals surface area contributed by atoms with E-state index in [1.54, 1.807) is 0 Å². The molecule has 0 saturated carbocycles. The lowest BCUT2D eigenvalue weighted by atomic mass is 9.99. The summed E-state index contributed by atoms with van der Waals surface area (Å²) in [6.07, 6.45) is -6.28. The summed E-state index contributed by atoms with van der Waals surface area (Å²) in [7, 11) is 0. The van der Waals surface area contributed by atoms with E-state index in [-0.39, 0.29) is 5.13 Å². The highest BCUT2D eigenvalue weighted by Gasteiger charge is 2.58. The summed E-state index contributed by atoms with van der Waals surface area (Å²) >= 11 is 3.13. The van der Waals surface area contributed by atoms with Gasteiger partial charge < -0.3 is 10.4 Å². The van der Waals surface area contributed by atoms with E-state index >= 15 is 0 Å². The zero-order valence-electron chi connectivity index (χ0n) is 13.1. The quantitative estimate of drug-likeness (QED) is 0.655. The summed E-state index contributed by atoms with van der Waals surface area (Å²) in [5.41, 5.74) is -2.23. The summed E-state index contributed by atoms with van der Waals surface area (Å²) in [5.74, 6) is -1.04. The van der Waals surface area contributed by atoms with Crippen molar-refractivity contribution in [3.63, 3.8) is 0 Å². The van der Waals surface area contributed by atoms with Crippen molar-refractivity contribution in [3.8, 4) is 10.6 Å². The maximum Gasteiger partial charge on any atom is 0.424 e. The molecule has 0 aliphatic carbocycles. The minimum Gasteiger partial charge on any atom is -0.374 e. The second-order valence-electron chi connectivity index (χ2n) is 5.30. The molecular formula is C14H11F3N4O2S3. The van der Waals surface area contributed by atoms with Crippen molar-refractivity contribution in [3.05, 3.63) is 32.9 Å². The lowest BCUT2D eigenvalue weighted by molar-refractivity contribution is -0.266. The summed E-state index contributed by atoms with van der Waals surface area (Å²) in [4.78, 5) is 15.8. The molecule has 3 heterocycles. The van der Waals surface area contributed by atoms with Crippen LogP contribution in [0.3, 0.4) is 0 Å². The van der Waals surface area contributed by atoms with Crippen LogP contribution in [-0.4, -0.2) is 32.4 Å². The third kappa shape index (κ3) is 3.77. The second kappa shape index (κ2) is 7.02. The zero-order valence-corrected chi connectivity index (χ0v) is 15.5. The van der Waals surface area contributed by atoms with Crippen LogP contribution in [0.15, 0.2) is 22.2 Å². The standard InChI is InChI=1S/C14H11F3N4O2S3/c1-7-5-25-11(18-7)13(23,14(15,16)17)4-9(22)19-12-21-20-10(26-12)8-2-3-24-6-8/h2-3,5-6,23H,4H2,1H3,(H,19,21,22). The van der Waals surface area contributed by atoms with Gasteiger partial charge in [0.25, 0.3) is 0 Å². The van der Waals surface area contributed by atoms with Crippen molar-refractivity contribution in [2.75, 3.05) is 5.32 Å². The van der Waals surface area contributed by atoms with Gasteiger partial charge in [-0.25, -0.2) is 4.98 Å². The van der Waals surface area contributed by atoms with Gasteiger partial charge in [-0.1, -0.05) is 11.3 Å². The van der Waals surface area contributed by atoms with Crippen LogP contribution in [0.25, 0.3) is 10.6 Å². The van der Waals surface area contributed by atoms with Crippen LogP contribution in [0.1, 0.15) is 17.1 Å². The van der Waals surface area contributed by atoms with Crippen LogP contribution in [0.4, 0.5) is 18.3 Å². The highest BCUT2D eigenvalue weighted by Crippen LogP contribution is 2.43. The lowest BCUT2D eigenvalue weighted by Gasteiger charge is -2.27. The number of aliphatic hydroxyl groups is 1. The fourth-order valence-electron chi connectivity index (χ4n) is 2.01. The van der Waals surface area contributed by atoms with Gasteiger partial charge in [0.2, 0.25) is 16.6 Å². The minimum atomic E-state index is -5.06. The lowest BCUT2D eigenvalue weighted by Crippen LogP contribution is -2.45. The number of carbonyl (C=O) groups excluding carboxylic acids is 1. The maximum absolute atomic E-state index is 13.4. The Bertz CT molecular complexity index is 907. The monoisotopic (exact) mass is 420 g/mol. The highest BCUT2D eigenvalue weighted by atomic mass is 32.1. The van der Waals surface area contributed by atoms with E-state index in [1.807, 2.05) is 16.8 Å². The van der Waals surface area contributed by atoms with Crippen molar-refractivity contribution >= 4 is 45.0 Å². The van der Waals surface area contributed by atoms with E-state index in [4.69, 9.17) is 0 Å². The summed E-state index contributed by atoms with van der Waals surface area (Å²) in [6, 6.07) is 1.81. The third-order valence-corrected chi connectivity index (χ3v) is 5.98. The molecule has 3 aromatic rings. The number of amides is 1. The number of hydrogen-bond acceptors (Lipinski definition) is 8. The van der Waals surface area contributed by atoms with Gasteiger partial charge in [-0.05, 0) is 18.4 Å². The molecule has 0 radical (unpaired) electrons. The number of aromatic nitrogens is 3. The Morgan fingerprint density at radius 3 is 2.65 bits per heavy atom. The van der Waals surface area contributed by atoms with Gasteiger partial charge in [0.05, 0.1) is 6.42 Å². The average molecular weight is 420 g/mol. The highest BCUT2D eigenvalue weighted by molar-refractivity contribution is 7.19. The first kappa shape index (κ1) is 18.9. The first-order valence-corrected chi connectivity index (χ1v) is 9.70. The molecule has 26 heavy (non-hydrogen) atoms. The van der Waals surface area contributed by atoms with Gasteiger partial charge >= 0.3 is 6.18 Å². The Morgan fingerprint density at radius 1 is 1.31 bits per heavy atom. The molecule has 0 fully saturated rings. The van der Waals surface area contributed by atoms with Gasteiger partial charge in [-0.2, -0.15) is 24.5 Å². The zero-order chi connectivity index (χ0) is 18.9. The van der Waals surface area contributed by atoms with E-state index < -0.39 is 29.1 Å². The number of halogens is 3. The molecule has 2 N–H and O–H groups in total. The summed E-state index contributed by atoms with van der Waals surface area (Å²) in [5, 5.41) is 25.1. The van der Waals surface area contributed by atoms with Gasteiger partial charge in [-0.15, -0.1) is 21.5 Å². The normalized spacial score (nSPS) is 14.2. The smallest absolute Gasteiger partial charge is 0.374 e. The number of rotatable bonds is 5. The molecular weight excluding hydrogens is 409 g/mol. The number of aryl methyl sites for hydroxylation is 1. The number of nitrogens with one attached hydrogen (secondary N) is 1. The first-order valence-electron chi connectivity index (χ1n) is 7.07. The van der Waals surface area contributed by atoms with Gasteiger partial charge in [0.1, 0.15) is 10.0 Å². The number of anilines is 1. The van der Waals surface area contributed by atoms with Crippen molar-refractivity contribution < 1.29 is 23.1 Å². The first-order chi connectivity index (χ1) is 12.2. The summed E-state index contributed by atoms with van der Waals surface area (Å²) < 4.78 is 40.2. The molecule has 1 atom stereocenters. The van der Waals surface area contributed by atoms with Gasteiger partial charge in [0, 0.05) is 22.0 Å². The maximum atomic E-state index is 13.4. The molecule has 1 unspecified atom stereocenters. The topological polar surface area (TPSA) is 88.0 Å². The van der Waals surface area contributed by atoms with Crippen molar-refractivity contribution in [1.29, 1.82) is 0 Å². The number of thiazole rings is 1. The van der Waals surface area contributed by atoms with E-state index in [0.29, 0.717) is 22.0 Å². The van der Waals surface area contributed by atoms with Crippen LogP contribution >= 0.6 is 34.0 Å². The van der Waals surface area contributed by atoms with Gasteiger partial charge in [-0.3, -0.25) is 4.79 Å². The largest absolute Gasteiger partial charge is 0.424 e. The summed E-state index contributed by atoms with van der Waals surface area (Å²) in [6.45, 7) is 1.50. The van der Waals surface area contributed by atoms with Crippen molar-refractivity contribution in [2.24, 2.45) is 0 Å². The molecule has 0 aliphatic rings. The number of alkyl halides is 3. The molecule has 0 aliphatic heterocycles. The van der Waals surface area contributed by atoms with Crippen molar-refractivity contribution in [2.45, 2.75) is 25.1 Å². The van der Waals surface area contributed by atoms with E-state index in [9.17, 15) is 23.1 Å².